The standard InChI is InChI=1S/C14H30/c1-12(2)10-8-7-9-11-14(5,6)13(3)4/h12-13H,7-11H2,1-6H3. The van der Waals surface area contributed by atoms with E-state index in [0.29, 0.717) is 5.41 Å². The molecule has 0 saturated heterocycles. The van der Waals surface area contributed by atoms with Crippen LogP contribution in [0.25, 0.3) is 0 Å². The Morgan fingerprint density at radius 3 is 1.86 bits per heavy atom. The Morgan fingerprint density at radius 1 is 0.857 bits per heavy atom. The first-order valence-corrected chi connectivity index (χ1v) is 6.36. The quantitative estimate of drug-likeness (QED) is 0.488. The molecule has 0 fully saturated rings. The molecule has 0 aromatic carbocycles. The summed E-state index contributed by atoms with van der Waals surface area (Å²) >= 11 is 0. The fraction of sp³-hybridized carbons (Fsp3) is 1.00. The summed E-state index contributed by atoms with van der Waals surface area (Å²) in [6, 6.07) is 0. The minimum atomic E-state index is 0.540. The number of unbranched alkanes of at least 4 members (excludes halogenated alkanes) is 2. The monoisotopic (exact) mass is 198 g/mol. The number of hydrogen-bond acceptors (Lipinski definition) is 0. The molecule has 0 unspecified atom stereocenters. The molecule has 0 atom stereocenters. The zero-order valence-electron chi connectivity index (χ0n) is 11.2. The van der Waals surface area contributed by atoms with Crippen LogP contribution in [-0.4, -0.2) is 0 Å². The number of rotatable bonds is 7. The summed E-state index contributed by atoms with van der Waals surface area (Å²) in [4.78, 5) is 0. The SMILES string of the molecule is CC(C)CCCCCC(C)(C)C(C)C. The lowest BCUT2D eigenvalue weighted by molar-refractivity contribution is 0.220. The molecule has 0 heterocycles. The van der Waals surface area contributed by atoms with Crippen molar-refractivity contribution in [2.24, 2.45) is 17.3 Å². The predicted octanol–water partition coefficient (Wildman–Crippen LogP) is 5.28. The lowest BCUT2D eigenvalue weighted by Gasteiger charge is -2.29. The summed E-state index contributed by atoms with van der Waals surface area (Å²) in [7, 11) is 0. The summed E-state index contributed by atoms with van der Waals surface area (Å²) in [5, 5.41) is 0. The van der Waals surface area contributed by atoms with Gasteiger partial charge in [-0.2, -0.15) is 0 Å². The van der Waals surface area contributed by atoms with Gasteiger partial charge < -0.3 is 0 Å². The van der Waals surface area contributed by atoms with Crippen LogP contribution in [0.15, 0.2) is 0 Å². The molecule has 0 bridgehead atoms. The van der Waals surface area contributed by atoms with Gasteiger partial charge in [-0.15, -0.1) is 0 Å². The third-order valence-corrected chi connectivity index (χ3v) is 3.67. The molecule has 0 spiro atoms. The molecule has 0 nitrogen and oxygen atoms in total. The lowest BCUT2D eigenvalue weighted by Crippen LogP contribution is -2.18. The van der Waals surface area contributed by atoms with Crippen LogP contribution in [0.1, 0.15) is 73.6 Å². The van der Waals surface area contributed by atoms with Crippen molar-refractivity contribution in [1.29, 1.82) is 0 Å². The Bertz CT molecular complexity index is 131. The van der Waals surface area contributed by atoms with Crippen LogP contribution in [0.4, 0.5) is 0 Å². The van der Waals surface area contributed by atoms with Crippen molar-refractivity contribution in [2.45, 2.75) is 73.6 Å². The summed E-state index contributed by atoms with van der Waals surface area (Å²) in [6.07, 6.45) is 7.06. The summed E-state index contributed by atoms with van der Waals surface area (Å²) in [6.45, 7) is 14.1. The van der Waals surface area contributed by atoms with Crippen LogP contribution in [0.3, 0.4) is 0 Å². The van der Waals surface area contributed by atoms with Gasteiger partial charge in [0.2, 0.25) is 0 Å². The van der Waals surface area contributed by atoms with E-state index in [1.807, 2.05) is 0 Å². The summed E-state index contributed by atoms with van der Waals surface area (Å²) < 4.78 is 0. The Hall–Kier alpha value is 0. The van der Waals surface area contributed by atoms with Crippen molar-refractivity contribution < 1.29 is 0 Å². The minimum absolute atomic E-state index is 0.540. The van der Waals surface area contributed by atoms with E-state index in [1.54, 1.807) is 0 Å². The van der Waals surface area contributed by atoms with E-state index >= 15 is 0 Å². The molecule has 0 rings (SSSR count). The molecule has 0 N–H and O–H groups in total. The highest BCUT2D eigenvalue weighted by molar-refractivity contribution is 4.71. The normalized spacial score (nSPS) is 12.9. The highest BCUT2D eigenvalue weighted by atomic mass is 14.3. The maximum Gasteiger partial charge on any atom is -0.0331 e. The van der Waals surface area contributed by atoms with Crippen LogP contribution >= 0.6 is 0 Å². The van der Waals surface area contributed by atoms with Gasteiger partial charge in [-0.1, -0.05) is 67.2 Å². The van der Waals surface area contributed by atoms with Crippen LogP contribution < -0.4 is 0 Å². The zero-order valence-corrected chi connectivity index (χ0v) is 11.2. The van der Waals surface area contributed by atoms with E-state index in [9.17, 15) is 0 Å². The molecule has 0 radical (unpaired) electrons. The first kappa shape index (κ1) is 14.0. The van der Waals surface area contributed by atoms with Crippen molar-refractivity contribution in [2.75, 3.05) is 0 Å². The molecule has 0 aliphatic carbocycles. The lowest BCUT2D eigenvalue weighted by atomic mass is 9.77. The van der Waals surface area contributed by atoms with Crippen LogP contribution in [-0.2, 0) is 0 Å². The average Bonchev–Trinajstić information content (AvgIpc) is 2.02. The fourth-order valence-electron chi connectivity index (χ4n) is 1.60. The van der Waals surface area contributed by atoms with Gasteiger partial charge in [0.15, 0.2) is 0 Å². The number of hydrogen-bond donors (Lipinski definition) is 0. The molecule has 0 aliphatic rings. The van der Waals surface area contributed by atoms with E-state index in [0.717, 1.165) is 11.8 Å². The Labute approximate surface area is 91.5 Å². The second-order valence-corrected chi connectivity index (χ2v) is 6.14. The Morgan fingerprint density at radius 2 is 1.43 bits per heavy atom. The fourth-order valence-corrected chi connectivity index (χ4v) is 1.60. The third-order valence-electron chi connectivity index (χ3n) is 3.67. The molecule has 0 amide bonds. The van der Waals surface area contributed by atoms with E-state index in [1.165, 1.54) is 32.1 Å². The second-order valence-electron chi connectivity index (χ2n) is 6.14. The minimum Gasteiger partial charge on any atom is -0.0628 e. The molecule has 0 aromatic heterocycles. The van der Waals surface area contributed by atoms with Crippen LogP contribution in [0.2, 0.25) is 0 Å². The van der Waals surface area contributed by atoms with Crippen LogP contribution in [0, 0.1) is 17.3 Å². The molecular weight excluding hydrogens is 168 g/mol. The molecule has 0 aromatic rings. The third kappa shape index (κ3) is 6.45. The van der Waals surface area contributed by atoms with Crippen molar-refractivity contribution in [3.05, 3.63) is 0 Å². The highest BCUT2D eigenvalue weighted by Crippen LogP contribution is 2.32. The summed E-state index contributed by atoms with van der Waals surface area (Å²) in [5.41, 5.74) is 0.540. The van der Waals surface area contributed by atoms with E-state index in [4.69, 9.17) is 0 Å². The van der Waals surface area contributed by atoms with Crippen molar-refractivity contribution in [1.82, 2.24) is 0 Å². The zero-order chi connectivity index (χ0) is 11.2. The smallest absolute Gasteiger partial charge is 0.0331 e. The van der Waals surface area contributed by atoms with Gasteiger partial charge in [-0.3, -0.25) is 0 Å². The largest absolute Gasteiger partial charge is 0.0628 e. The van der Waals surface area contributed by atoms with E-state index < -0.39 is 0 Å². The Balaban J connectivity index is 3.45. The Kier molecular flexibility index (Phi) is 6.48. The van der Waals surface area contributed by atoms with Gasteiger partial charge in [-0.25, -0.2) is 0 Å². The first-order valence-electron chi connectivity index (χ1n) is 6.36. The van der Waals surface area contributed by atoms with Crippen molar-refractivity contribution in [3.63, 3.8) is 0 Å². The summed E-state index contributed by atoms with van der Waals surface area (Å²) in [5.74, 6) is 1.70. The molecule has 0 aliphatic heterocycles. The molecule has 0 saturated carbocycles. The van der Waals surface area contributed by atoms with Gasteiger partial charge in [0.05, 0.1) is 0 Å². The van der Waals surface area contributed by atoms with Gasteiger partial charge in [0, 0.05) is 0 Å². The molecule has 86 valence electrons. The maximum atomic E-state index is 2.40. The maximum absolute atomic E-state index is 2.40. The van der Waals surface area contributed by atoms with Crippen LogP contribution in [0.5, 0.6) is 0 Å². The average molecular weight is 198 g/mol. The van der Waals surface area contributed by atoms with Gasteiger partial charge >= 0.3 is 0 Å². The predicted molar refractivity (Wildman–Crippen MR) is 66.5 cm³/mol. The van der Waals surface area contributed by atoms with Gasteiger partial charge in [0.25, 0.3) is 0 Å². The van der Waals surface area contributed by atoms with E-state index in [2.05, 4.69) is 41.5 Å². The van der Waals surface area contributed by atoms with Gasteiger partial charge in [-0.05, 0) is 23.7 Å². The molecule has 14 heavy (non-hydrogen) atoms. The van der Waals surface area contributed by atoms with Gasteiger partial charge in [0.1, 0.15) is 0 Å². The van der Waals surface area contributed by atoms with Crippen molar-refractivity contribution in [3.8, 4) is 0 Å². The molecule has 0 heteroatoms. The van der Waals surface area contributed by atoms with Crippen molar-refractivity contribution >= 4 is 0 Å². The van der Waals surface area contributed by atoms with E-state index in [-0.39, 0.29) is 0 Å². The topological polar surface area (TPSA) is 0 Å². The highest BCUT2D eigenvalue weighted by Gasteiger charge is 2.21. The first-order chi connectivity index (χ1) is 6.36. The second kappa shape index (κ2) is 6.48. The molecular formula is C14H30.